The van der Waals surface area contributed by atoms with E-state index in [1.807, 2.05) is 7.05 Å². The van der Waals surface area contributed by atoms with E-state index in [1.165, 1.54) is 51.9 Å². The van der Waals surface area contributed by atoms with Crippen LogP contribution in [0.25, 0.3) is 0 Å². The van der Waals surface area contributed by atoms with E-state index in [0.29, 0.717) is 12.1 Å². The number of likely N-dealkylation sites (N-methyl/N-ethyl adjacent to an activating group) is 1. The Labute approximate surface area is 137 Å². The number of piperazine rings is 1. The zero-order valence-electron chi connectivity index (χ0n) is 15.4. The number of aliphatic imine (C=N–C) groups is 1. The summed E-state index contributed by atoms with van der Waals surface area (Å²) >= 11 is 0. The highest BCUT2D eigenvalue weighted by Gasteiger charge is 2.19. The second-order valence-electron chi connectivity index (χ2n) is 6.68. The molecule has 2 N–H and O–H groups in total. The molecule has 1 heterocycles. The van der Waals surface area contributed by atoms with Crippen molar-refractivity contribution in [2.45, 2.75) is 58.5 Å². The first-order valence-electron chi connectivity index (χ1n) is 8.96. The van der Waals surface area contributed by atoms with Crippen LogP contribution in [0, 0.1) is 0 Å². The minimum absolute atomic E-state index is 0.483. The zero-order chi connectivity index (χ0) is 16.4. The van der Waals surface area contributed by atoms with Crippen LogP contribution in [0.1, 0.15) is 46.5 Å². The Kier molecular flexibility index (Phi) is 9.48. The molecular weight excluding hydrogens is 274 g/mol. The van der Waals surface area contributed by atoms with Gasteiger partial charge < -0.3 is 15.5 Å². The standard InChI is InChI=1S/C17H37N5/c1-6-7-8-9-15(2)20-17(18-4)19-14-16(3)22-12-10-21(5)11-13-22/h15-16H,6-14H2,1-5H3,(H2,18,19,20). The first-order chi connectivity index (χ1) is 10.6. The third-order valence-electron chi connectivity index (χ3n) is 4.57. The number of hydrogen-bond acceptors (Lipinski definition) is 3. The second-order valence-corrected chi connectivity index (χ2v) is 6.68. The average molecular weight is 312 g/mol. The van der Waals surface area contributed by atoms with E-state index >= 15 is 0 Å². The van der Waals surface area contributed by atoms with Gasteiger partial charge in [0.2, 0.25) is 0 Å². The van der Waals surface area contributed by atoms with Gasteiger partial charge in [0.05, 0.1) is 0 Å². The van der Waals surface area contributed by atoms with Crippen LogP contribution in [-0.4, -0.2) is 74.7 Å². The highest BCUT2D eigenvalue weighted by Crippen LogP contribution is 2.05. The van der Waals surface area contributed by atoms with Gasteiger partial charge in [-0.2, -0.15) is 0 Å². The van der Waals surface area contributed by atoms with Gasteiger partial charge in [-0.1, -0.05) is 26.2 Å². The third-order valence-corrected chi connectivity index (χ3v) is 4.57. The summed E-state index contributed by atoms with van der Waals surface area (Å²) in [6.07, 6.45) is 5.10. The quantitative estimate of drug-likeness (QED) is 0.407. The molecule has 0 radical (unpaired) electrons. The molecule has 2 atom stereocenters. The molecular formula is C17H37N5. The molecule has 1 aliphatic rings. The van der Waals surface area contributed by atoms with Gasteiger partial charge in [0, 0.05) is 51.9 Å². The number of nitrogens with one attached hydrogen (secondary N) is 2. The molecule has 0 aromatic carbocycles. The van der Waals surface area contributed by atoms with Crippen molar-refractivity contribution in [3.8, 4) is 0 Å². The summed E-state index contributed by atoms with van der Waals surface area (Å²) in [6.45, 7) is 12.4. The lowest BCUT2D eigenvalue weighted by Crippen LogP contribution is -2.52. The van der Waals surface area contributed by atoms with E-state index in [1.54, 1.807) is 0 Å². The molecule has 0 amide bonds. The van der Waals surface area contributed by atoms with Crippen LogP contribution in [0.3, 0.4) is 0 Å². The van der Waals surface area contributed by atoms with Crippen LogP contribution in [-0.2, 0) is 0 Å². The van der Waals surface area contributed by atoms with Gasteiger partial charge in [0.25, 0.3) is 0 Å². The van der Waals surface area contributed by atoms with Crippen LogP contribution in [0.15, 0.2) is 4.99 Å². The zero-order valence-corrected chi connectivity index (χ0v) is 15.4. The van der Waals surface area contributed by atoms with Gasteiger partial charge in [0.15, 0.2) is 5.96 Å². The fourth-order valence-corrected chi connectivity index (χ4v) is 2.84. The topological polar surface area (TPSA) is 42.9 Å². The van der Waals surface area contributed by atoms with Crippen molar-refractivity contribution in [1.82, 2.24) is 20.4 Å². The van der Waals surface area contributed by atoms with Crippen molar-refractivity contribution in [3.05, 3.63) is 0 Å². The fraction of sp³-hybridized carbons (Fsp3) is 0.941. The Hall–Kier alpha value is -0.810. The largest absolute Gasteiger partial charge is 0.355 e. The maximum atomic E-state index is 4.35. The molecule has 1 fully saturated rings. The first-order valence-corrected chi connectivity index (χ1v) is 8.96. The fourth-order valence-electron chi connectivity index (χ4n) is 2.84. The molecule has 22 heavy (non-hydrogen) atoms. The van der Waals surface area contributed by atoms with Crippen molar-refractivity contribution in [1.29, 1.82) is 0 Å². The van der Waals surface area contributed by atoms with E-state index in [-0.39, 0.29) is 0 Å². The second kappa shape index (κ2) is 10.8. The first kappa shape index (κ1) is 19.2. The third kappa shape index (κ3) is 7.45. The van der Waals surface area contributed by atoms with Crippen LogP contribution in [0.5, 0.6) is 0 Å². The number of hydrogen-bond donors (Lipinski definition) is 2. The summed E-state index contributed by atoms with van der Waals surface area (Å²) < 4.78 is 0. The highest BCUT2D eigenvalue weighted by atomic mass is 15.3. The minimum Gasteiger partial charge on any atom is -0.355 e. The van der Waals surface area contributed by atoms with Crippen molar-refractivity contribution < 1.29 is 0 Å². The highest BCUT2D eigenvalue weighted by molar-refractivity contribution is 5.79. The predicted octanol–water partition coefficient (Wildman–Crippen LogP) is 1.76. The monoisotopic (exact) mass is 311 g/mol. The molecule has 0 aromatic heterocycles. The lowest BCUT2D eigenvalue weighted by Gasteiger charge is -2.36. The molecule has 0 aromatic rings. The van der Waals surface area contributed by atoms with Crippen LogP contribution in [0.4, 0.5) is 0 Å². The van der Waals surface area contributed by atoms with Crippen molar-refractivity contribution >= 4 is 5.96 Å². The van der Waals surface area contributed by atoms with Gasteiger partial charge in [-0.25, -0.2) is 0 Å². The molecule has 1 rings (SSSR count). The number of nitrogens with zero attached hydrogens (tertiary/aromatic N) is 3. The van der Waals surface area contributed by atoms with Gasteiger partial charge in [-0.15, -0.1) is 0 Å². The molecule has 1 aliphatic heterocycles. The Morgan fingerprint density at radius 2 is 1.82 bits per heavy atom. The maximum absolute atomic E-state index is 4.35. The summed E-state index contributed by atoms with van der Waals surface area (Å²) in [6, 6.07) is 1.03. The normalized spacial score (nSPS) is 20.7. The smallest absolute Gasteiger partial charge is 0.191 e. The van der Waals surface area contributed by atoms with Gasteiger partial charge in [-0.3, -0.25) is 9.89 Å². The Balaban J connectivity index is 2.25. The van der Waals surface area contributed by atoms with Crippen LogP contribution in [0.2, 0.25) is 0 Å². The molecule has 0 aliphatic carbocycles. The van der Waals surface area contributed by atoms with Gasteiger partial charge in [-0.05, 0) is 27.3 Å². The van der Waals surface area contributed by atoms with E-state index < -0.39 is 0 Å². The predicted molar refractivity (Wildman–Crippen MR) is 96.6 cm³/mol. The molecule has 0 saturated carbocycles. The summed E-state index contributed by atoms with van der Waals surface area (Å²) in [7, 11) is 4.06. The van der Waals surface area contributed by atoms with E-state index in [4.69, 9.17) is 0 Å². The van der Waals surface area contributed by atoms with E-state index in [2.05, 4.69) is 53.2 Å². The number of unbranched alkanes of at least 4 members (excludes halogenated alkanes) is 2. The average Bonchev–Trinajstić information content (AvgIpc) is 2.52. The van der Waals surface area contributed by atoms with Crippen LogP contribution < -0.4 is 10.6 Å². The molecule has 0 bridgehead atoms. The van der Waals surface area contributed by atoms with E-state index in [0.717, 1.165) is 12.5 Å². The molecule has 1 saturated heterocycles. The van der Waals surface area contributed by atoms with Crippen molar-refractivity contribution in [3.63, 3.8) is 0 Å². The lowest BCUT2D eigenvalue weighted by molar-refractivity contribution is 0.120. The summed E-state index contributed by atoms with van der Waals surface area (Å²) in [5.74, 6) is 0.935. The number of guanidine groups is 1. The number of rotatable bonds is 8. The molecule has 0 spiro atoms. The van der Waals surface area contributed by atoms with Gasteiger partial charge in [0.1, 0.15) is 0 Å². The Bertz CT molecular complexity index is 310. The Morgan fingerprint density at radius 3 is 2.41 bits per heavy atom. The summed E-state index contributed by atoms with van der Waals surface area (Å²) in [5.41, 5.74) is 0. The molecule has 2 unspecified atom stereocenters. The van der Waals surface area contributed by atoms with Gasteiger partial charge >= 0.3 is 0 Å². The maximum Gasteiger partial charge on any atom is 0.191 e. The van der Waals surface area contributed by atoms with Crippen molar-refractivity contribution in [2.75, 3.05) is 46.8 Å². The van der Waals surface area contributed by atoms with Crippen molar-refractivity contribution in [2.24, 2.45) is 4.99 Å². The minimum atomic E-state index is 0.483. The van der Waals surface area contributed by atoms with Crippen LogP contribution >= 0.6 is 0 Å². The molecule has 5 nitrogen and oxygen atoms in total. The SMILES string of the molecule is CCCCCC(C)NC(=NC)NCC(C)N1CCN(C)CC1. The van der Waals surface area contributed by atoms with E-state index in [9.17, 15) is 0 Å². The Morgan fingerprint density at radius 1 is 1.14 bits per heavy atom. The summed E-state index contributed by atoms with van der Waals surface area (Å²) in [5, 5.41) is 6.99. The molecule has 130 valence electrons. The molecule has 5 heteroatoms. The summed E-state index contributed by atoms with van der Waals surface area (Å²) in [4.78, 5) is 9.31. The lowest BCUT2D eigenvalue weighted by atomic mass is 10.1.